The molecule has 0 aromatic carbocycles. The molecule has 2 heterocycles. The molecule has 6 nitrogen and oxygen atoms in total. The SMILES string of the molecule is COC(=O)c1c(N2CCC(C)C(C)C2)sc(C(N)=O)c1N. The number of piperidine rings is 1. The van der Waals surface area contributed by atoms with Gasteiger partial charge >= 0.3 is 5.97 Å². The monoisotopic (exact) mass is 311 g/mol. The minimum absolute atomic E-state index is 0.126. The first-order chi connectivity index (χ1) is 9.86. The van der Waals surface area contributed by atoms with Crippen molar-refractivity contribution < 1.29 is 14.3 Å². The Morgan fingerprint density at radius 1 is 1.33 bits per heavy atom. The van der Waals surface area contributed by atoms with Crippen molar-refractivity contribution in [1.29, 1.82) is 0 Å². The highest BCUT2D eigenvalue weighted by Crippen LogP contribution is 2.40. The third-order valence-corrected chi connectivity index (χ3v) is 5.44. The minimum atomic E-state index is -0.618. The third kappa shape index (κ3) is 2.83. The fourth-order valence-corrected chi connectivity index (χ4v) is 3.68. The van der Waals surface area contributed by atoms with Crippen LogP contribution in [0.4, 0.5) is 10.7 Å². The molecule has 1 fully saturated rings. The van der Waals surface area contributed by atoms with E-state index in [0.29, 0.717) is 16.8 Å². The summed E-state index contributed by atoms with van der Waals surface area (Å²) < 4.78 is 4.80. The second-order valence-corrected chi connectivity index (χ2v) is 6.57. The van der Waals surface area contributed by atoms with Gasteiger partial charge in [-0.3, -0.25) is 4.79 Å². The predicted molar refractivity (Wildman–Crippen MR) is 83.7 cm³/mol. The molecule has 2 rings (SSSR count). The quantitative estimate of drug-likeness (QED) is 0.828. The lowest BCUT2D eigenvalue weighted by Crippen LogP contribution is -2.38. The Bertz CT molecular complexity index is 570. The van der Waals surface area contributed by atoms with E-state index in [4.69, 9.17) is 16.2 Å². The van der Waals surface area contributed by atoms with Gasteiger partial charge in [0.15, 0.2) is 0 Å². The first-order valence-corrected chi connectivity index (χ1v) is 7.73. The molecular weight excluding hydrogens is 290 g/mol. The van der Waals surface area contributed by atoms with Crippen LogP contribution in [0.15, 0.2) is 0 Å². The summed E-state index contributed by atoms with van der Waals surface area (Å²) in [5.41, 5.74) is 11.7. The fraction of sp³-hybridized carbons (Fsp3) is 0.571. The number of thiophene rings is 1. The Hall–Kier alpha value is -1.76. The molecule has 7 heteroatoms. The summed E-state index contributed by atoms with van der Waals surface area (Å²) in [5.74, 6) is -0.00907. The molecule has 1 aromatic rings. The molecule has 1 aliphatic heterocycles. The second-order valence-electron chi connectivity index (χ2n) is 5.57. The molecular formula is C14H21N3O3S. The molecule has 4 N–H and O–H groups in total. The van der Waals surface area contributed by atoms with E-state index in [1.807, 2.05) is 0 Å². The molecule has 116 valence electrons. The smallest absolute Gasteiger partial charge is 0.343 e. The number of esters is 1. The zero-order valence-corrected chi connectivity index (χ0v) is 13.3. The summed E-state index contributed by atoms with van der Waals surface area (Å²) in [7, 11) is 1.30. The van der Waals surface area contributed by atoms with Crippen molar-refractivity contribution in [2.45, 2.75) is 20.3 Å². The van der Waals surface area contributed by atoms with Crippen molar-refractivity contribution in [3.63, 3.8) is 0 Å². The number of amides is 1. The summed E-state index contributed by atoms with van der Waals surface area (Å²) in [6, 6.07) is 0. The molecule has 0 saturated carbocycles. The maximum atomic E-state index is 12.0. The van der Waals surface area contributed by atoms with E-state index in [-0.39, 0.29) is 16.1 Å². The van der Waals surface area contributed by atoms with Gasteiger partial charge in [0, 0.05) is 13.1 Å². The number of ether oxygens (including phenoxy) is 1. The Kier molecular flexibility index (Phi) is 4.41. The van der Waals surface area contributed by atoms with Gasteiger partial charge in [0.1, 0.15) is 15.4 Å². The van der Waals surface area contributed by atoms with Crippen LogP contribution in [-0.2, 0) is 4.74 Å². The van der Waals surface area contributed by atoms with Gasteiger partial charge in [-0.2, -0.15) is 0 Å². The number of methoxy groups -OCH3 is 1. The highest BCUT2D eigenvalue weighted by molar-refractivity contribution is 7.19. The van der Waals surface area contributed by atoms with Crippen molar-refractivity contribution in [3.05, 3.63) is 10.4 Å². The lowest BCUT2D eigenvalue weighted by atomic mass is 9.89. The van der Waals surface area contributed by atoms with Gasteiger partial charge in [0.2, 0.25) is 0 Å². The molecule has 1 aromatic heterocycles. The molecule has 2 atom stereocenters. The first-order valence-electron chi connectivity index (χ1n) is 6.92. The van der Waals surface area contributed by atoms with E-state index in [1.54, 1.807) is 0 Å². The van der Waals surface area contributed by atoms with Gasteiger partial charge in [0.25, 0.3) is 5.91 Å². The van der Waals surface area contributed by atoms with Crippen LogP contribution in [0.5, 0.6) is 0 Å². The average molecular weight is 311 g/mol. The van der Waals surface area contributed by atoms with E-state index in [2.05, 4.69) is 18.7 Å². The molecule has 0 bridgehead atoms. The number of carbonyl (C=O) groups excluding carboxylic acids is 2. The minimum Gasteiger partial charge on any atom is -0.465 e. The maximum absolute atomic E-state index is 12.0. The molecule has 1 aliphatic rings. The van der Waals surface area contributed by atoms with E-state index in [1.165, 1.54) is 18.4 Å². The summed E-state index contributed by atoms with van der Waals surface area (Å²) >= 11 is 1.17. The van der Waals surface area contributed by atoms with Crippen molar-refractivity contribution >= 4 is 33.9 Å². The van der Waals surface area contributed by atoms with Crippen LogP contribution in [0.1, 0.15) is 40.3 Å². The number of anilines is 2. The van der Waals surface area contributed by atoms with Gasteiger partial charge in [-0.05, 0) is 18.3 Å². The standard InChI is InChI=1S/C14H21N3O3S/c1-7-4-5-17(6-8(7)2)13-9(14(19)20-3)10(15)11(21-13)12(16)18/h7-8H,4-6,15H2,1-3H3,(H2,16,18). The van der Waals surface area contributed by atoms with Crippen LogP contribution in [0.25, 0.3) is 0 Å². The van der Waals surface area contributed by atoms with E-state index in [0.717, 1.165) is 19.5 Å². The number of primary amides is 1. The fourth-order valence-electron chi connectivity index (χ4n) is 2.58. The van der Waals surface area contributed by atoms with Crippen LogP contribution < -0.4 is 16.4 Å². The molecule has 0 spiro atoms. The Labute approximate surface area is 128 Å². The normalized spacial score (nSPS) is 22.1. The Morgan fingerprint density at radius 3 is 2.52 bits per heavy atom. The number of nitrogen functional groups attached to an aromatic ring is 1. The van der Waals surface area contributed by atoms with E-state index >= 15 is 0 Å². The highest BCUT2D eigenvalue weighted by Gasteiger charge is 2.31. The number of hydrogen-bond donors (Lipinski definition) is 2. The van der Waals surface area contributed by atoms with Crippen LogP contribution >= 0.6 is 11.3 Å². The van der Waals surface area contributed by atoms with E-state index < -0.39 is 11.9 Å². The van der Waals surface area contributed by atoms with Crippen molar-refractivity contribution in [1.82, 2.24) is 0 Å². The van der Waals surface area contributed by atoms with Crippen molar-refractivity contribution in [2.24, 2.45) is 17.6 Å². The lowest BCUT2D eigenvalue weighted by Gasteiger charge is -2.36. The van der Waals surface area contributed by atoms with Gasteiger partial charge < -0.3 is 21.1 Å². The van der Waals surface area contributed by atoms with Gasteiger partial charge in [-0.1, -0.05) is 13.8 Å². The maximum Gasteiger partial charge on any atom is 0.343 e. The molecule has 21 heavy (non-hydrogen) atoms. The zero-order chi connectivity index (χ0) is 15.7. The zero-order valence-electron chi connectivity index (χ0n) is 12.5. The molecule has 1 saturated heterocycles. The van der Waals surface area contributed by atoms with Crippen LogP contribution in [0, 0.1) is 11.8 Å². The molecule has 1 amide bonds. The van der Waals surface area contributed by atoms with Gasteiger partial charge in [-0.15, -0.1) is 11.3 Å². The summed E-state index contributed by atoms with van der Waals surface area (Å²) in [5, 5.41) is 0.687. The largest absolute Gasteiger partial charge is 0.465 e. The topological polar surface area (TPSA) is 98.6 Å². The predicted octanol–water partition coefficient (Wildman–Crippen LogP) is 1.70. The Balaban J connectivity index is 2.45. The van der Waals surface area contributed by atoms with Gasteiger partial charge in [0.05, 0.1) is 12.8 Å². The van der Waals surface area contributed by atoms with Crippen LogP contribution in [-0.4, -0.2) is 32.1 Å². The summed E-state index contributed by atoms with van der Waals surface area (Å²) in [4.78, 5) is 25.8. The number of nitrogens with two attached hydrogens (primary N) is 2. The average Bonchev–Trinajstić information content (AvgIpc) is 2.79. The second kappa shape index (κ2) is 5.93. The van der Waals surface area contributed by atoms with Crippen molar-refractivity contribution in [3.8, 4) is 0 Å². The van der Waals surface area contributed by atoms with Crippen LogP contribution in [0.2, 0.25) is 0 Å². The van der Waals surface area contributed by atoms with Crippen LogP contribution in [0.3, 0.4) is 0 Å². The molecule has 0 radical (unpaired) electrons. The summed E-state index contributed by atoms with van der Waals surface area (Å²) in [6.07, 6.45) is 1.03. The Morgan fingerprint density at radius 2 is 2.00 bits per heavy atom. The van der Waals surface area contributed by atoms with E-state index in [9.17, 15) is 9.59 Å². The third-order valence-electron chi connectivity index (χ3n) is 4.16. The first kappa shape index (κ1) is 15.6. The summed E-state index contributed by atoms with van der Waals surface area (Å²) in [6.45, 7) is 6.05. The molecule has 0 aliphatic carbocycles. The number of rotatable bonds is 3. The number of hydrogen-bond acceptors (Lipinski definition) is 6. The molecule has 2 unspecified atom stereocenters. The number of nitrogens with zero attached hydrogens (tertiary/aromatic N) is 1. The van der Waals surface area contributed by atoms with Gasteiger partial charge in [-0.25, -0.2) is 4.79 Å². The lowest BCUT2D eigenvalue weighted by molar-refractivity contribution is 0.0603. The highest BCUT2D eigenvalue weighted by atomic mass is 32.1. The number of carbonyl (C=O) groups is 2. The van der Waals surface area contributed by atoms with Crippen molar-refractivity contribution in [2.75, 3.05) is 30.8 Å².